The summed E-state index contributed by atoms with van der Waals surface area (Å²) in [7, 11) is 0. The van der Waals surface area contributed by atoms with Crippen LogP contribution in [-0.4, -0.2) is 57.1 Å². The molecule has 3 fully saturated rings. The van der Waals surface area contributed by atoms with Gasteiger partial charge in [0, 0.05) is 42.5 Å². The lowest BCUT2D eigenvalue weighted by Crippen LogP contribution is -2.36. The second-order valence-corrected chi connectivity index (χ2v) is 11.9. The molecule has 8 nitrogen and oxygen atoms in total. The Morgan fingerprint density at radius 3 is 2.59 bits per heavy atom. The lowest BCUT2D eigenvalue weighted by atomic mass is 9.94. The predicted molar refractivity (Wildman–Crippen MR) is 154 cm³/mol. The van der Waals surface area contributed by atoms with Gasteiger partial charge in [-0.05, 0) is 74.7 Å². The van der Waals surface area contributed by atoms with E-state index >= 15 is 0 Å². The summed E-state index contributed by atoms with van der Waals surface area (Å²) in [5.41, 5.74) is 2.95. The van der Waals surface area contributed by atoms with E-state index in [1.54, 1.807) is 29.2 Å². The van der Waals surface area contributed by atoms with Crippen molar-refractivity contribution in [3.8, 4) is 11.3 Å². The van der Waals surface area contributed by atoms with E-state index in [-0.39, 0.29) is 10.6 Å². The molecule has 6 rings (SSSR count). The van der Waals surface area contributed by atoms with Crippen molar-refractivity contribution in [3.05, 3.63) is 70.6 Å². The summed E-state index contributed by atoms with van der Waals surface area (Å²) in [5, 5.41) is 14.3. The highest BCUT2D eigenvalue weighted by atomic mass is 35.5. The Kier molecular flexibility index (Phi) is 7.74. The average molecular weight is 581 g/mol. The summed E-state index contributed by atoms with van der Waals surface area (Å²) < 4.78 is 22.1. The maximum Gasteiger partial charge on any atom is 0.415 e. The number of carbonyl (C=O) groups excluding carboxylic acids is 1. The first-order chi connectivity index (χ1) is 19.8. The number of benzene rings is 2. The lowest BCUT2D eigenvalue weighted by Gasteiger charge is -2.25. The van der Waals surface area contributed by atoms with Crippen molar-refractivity contribution >= 4 is 29.4 Å². The van der Waals surface area contributed by atoms with Crippen molar-refractivity contribution in [2.24, 2.45) is 0 Å². The molecule has 10 heteroatoms. The zero-order valence-electron chi connectivity index (χ0n) is 22.9. The van der Waals surface area contributed by atoms with E-state index in [9.17, 15) is 19.1 Å². The fourth-order valence-corrected chi connectivity index (χ4v) is 6.63. The molecule has 1 aromatic heterocycles. The molecule has 3 heterocycles. The number of nitrogens with zero attached hydrogens (tertiary/aromatic N) is 4. The van der Waals surface area contributed by atoms with Crippen LogP contribution >= 0.6 is 11.6 Å². The summed E-state index contributed by atoms with van der Waals surface area (Å²) >= 11 is 6.15. The molecule has 2 aliphatic heterocycles. The van der Waals surface area contributed by atoms with Crippen molar-refractivity contribution in [1.29, 1.82) is 0 Å². The first-order valence-corrected chi connectivity index (χ1v) is 14.8. The Hall–Kier alpha value is -3.43. The molecule has 1 spiro atoms. The number of ether oxygens (including phenoxy) is 1. The highest BCUT2D eigenvalue weighted by Gasteiger charge is 2.46. The van der Waals surface area contributed by atoms with E-state index < -0.39 is 23.5 Å². The van der Waals surface area contributed by atoms with E-state index in [4.69, 9.17) is 21.4 Å². The van der Waals surface area contributed by atoms with Crippen molar-refractivity contribution < 1.29 is 23.8 Å². The highest BCUT2D eigenvalue weighted by molar-refractivity contribution is 6.31. The van der Waals surface area contributed by atoms with E-state index in [0.29, 0.717) is 31.2 Å². The molecule has 3 aliphatic rings. The van der Waals surface area contributed by atoms with Crippen molar-refractivity contribution in [3.63, 3.8) is 0 Å². The summed E-state index contributed by atoms with van der Waals surface area (Å²) in [5.74, 6) is -1.45. The minimum Gasteiger partial charge on any atom is -0.478 e. The molecule has 2 saturated heterocycles. The quantitative estimate of drug-likeness (QED) is 0.340. The van der Waals surface area contributed by atoms with Crippen molar-refractivity contribution in [2.45, 2.75) is 69.6 Å². The summed E-state index contributed by atoms with van der Waals surface area (Å²) in [6.07, 6.45) is 9.94. The van der Waals surface area contributed by atoms with Crippen LogP contribution in [-0.2, 0) is 11.3 Å². The highest BCUT2D eigenvalue weighted by Crippen LogP contribution is 2.37. The first kappa shape index (κ1) is 27.7. The standard InChI is InChI=1S/C31H34ClFN4O4/c32-26-17-22(9-12-27(26)33)28-23(19-37(34-28)25-5-2-1-3-6-25)18-35-15-4-13-31(14-16-35)20-36(30(40)41-31)24-10-7-21(8-11-24)29(38)39/h7-12,17,19,25H,1-6,13-16,18,20H2,(H,38,39). The molecular weight excluding hydrogens is 547 g/mol. The van der Waals surface area contributed by atoms with Gasteiger partial charge < -0.3 is 9.84 Å². The monoisotopic (exact) mass is 580 g/mol. The molecule has 1 N–H and O–H groups in total. The van der Waals surface area contributed by atoms with Gasteiger partial charge in [-0.2, -0.15) is 5.10 Å². The van der Waals surface area contributed by atoms with Crippen LogP contribution in [0.15, 0.2) is 48.7 Å². The Morgan fingerprint density at radius 2 is 1.85 bits per heavy atom. The third-order valence-corrected chi connectivity index (χ3v) is 9.02. The molecule has 2 aromatic carbocycles. The van der Waals surface area contributed by atoms with E-state index in [0.717, 1.165) is 55.6 Å². The Bertz CT molecular complexity index is 1440. The molecule has 216 valence electrons. The zero-order valence-corrected chi connectivity index (χ0v) is 23.7. The maximum atomic E-state index is 14.0. The maximum absolute atomic E-state index is 14.0. The van der Waals surface area contributed by atoms with Gasteiger partial charge in [-0.3, -0.25) is 14.5 Å². The van der Waals surface area contributed by atoms with Crippen molar-refractivity contribution in [2.75, 3.05) is 24.5 Å². The minimum atomic E-state index is -1.00. The van der Waals surface area contributed by atoms with Gasteiger partial charge in [0.15, 0.2) is 0 Å². The SMILES string of the molecule is O=C(O)c1ccc(N2CC3(CCCN(Cc4cn(C5CCCCC5)nc4-c4ccc(F)c(Cl)c4)CC3)OC2=O)cc1. The minimum absolute atomic E-state index is 0.0857. The molecular formula is C31H34ClFN4O4. The number of carboxylic acid groups (broad SMARTS) is 1. The molecule has 0 radical (unpaired) electrons. The number of aromatic carboxylic acids is 1. The fraction of sp³-hybridized carbons (Fsp3) is 0.452. The number of halogens is 2. The van der Waals surface area contributed by atoms with Gasteiger partial charge in [0.1, 0.15) is 11.4 Å². The molecule has 3 aromatic rings. The Balaban J connectivity index is 1.19. The van der Waals surface area contributed by atoms with Crippen LogP contribution in [0.25, 0.3) is 11.3 Å². The Labute approximate surface area is 243 Å². The van der Waals surface area contributed by atoms with Crippen LogP contribution in [0.2, 0.25) is 5.02 Å². The fourth-order valence-electron chi connectivity index (χ4n) is 6.45. The third kappa shape index (κ3) is 5.83. The lowest BCUT2D eigenvalue weighted by molar-refractivity contribution is 0.0443. The second-order valence-electron chi connectivity index (χ2n) is 11.5. The van der Waals surface area contributed by atoms with Gasteiger partial charge >= 0.3 is 12.1 Å². The first-order valence-electron chi connectivity index (χ1n) is 14.4. The molecule has 1 amide bonds. The average Bonchev–Trinajstić information content (AvgIpc) is 3.48. The molecule has 1 unspecified atom stereocenters. The summed E-state index contributed by atoms with van der Waals surface area (Å²) in [6.45, 7) is 2.72. The number of carboxylic acids is 1. The van der Waals surface area contributed by atoms with Gasteiger partial charge in [0.25, 0.3) is 0 Å². The van der Waals surface area contributed by atoms with Crippen LogP contribution in [0.4, 0.5) is 14.9 Å². The molecule has 41 heavy (non-hydrogen) atoms. The van der Waals surface area contributed by atoms with Crippen LogP contribution in [0, 0.1) is 5.82 Å². The van der Waals surface area contributed by atoms with Crippen LogP contribution in [0.3, 0.4) is 0 Å². The zero-order chi connectivity index (χ0) is 28.6. The molecule has 0 bridgehead atoms. The van der Waals surface area contributed by atoms with Gasteiger partial charge in [0.2, 0.25) is 0 Å². The predicted octanol–water partition coefficient (Wildman–Crippen LogP) is 6.93. The van der Waals surface area contributed by atoms with Gasteiger partial charge in [-0.15, -0.1) is 0 Å². The number of carbonyl (C=O) groups is 2. The number of amides is 1. The van der Waals surface area contributed by atoms with E-state index in [1.807, 2.05) is 0 Å². The van der Waals surface area contributed by atoms with Gasteiger partial charge in [0.05, 0.1) is 28.9 Å². The topological polar surface area (TPSA) is 87.9 Å². The third-order valence-electron chi connectivity index (χ3n) is 8.73. The molecule has 1 aliphatic carbocycles. The van der Waals surface area contributed by atoms with Gasteiger partial charge in [-0.1, -0.05) is 30.9 Å². The smallest absolute Gasteiger partial charge is 0.415 e. The number of anilines is 1. The van der Waals surface area contributed by atoms with E-state index in [2.05, 4.69) is 15.8 Å². The summed E-state index contributed by atoms with van der Waals surface area (Å²) in [4.78, 5) is 28.1. The number of likely N-dealkylation sites (tertiary alicyclic amines) is 1. The molecule has 1 atom stereocenters. The van der Waals surface area contributed by atoms with Crippen LogP contribution < -0.4 is 4.90 Å². The number of hydrogen-bond donors (Lipinski definition) is 1. The number of aromatic nitrogens is 2. The number of rotatable bonds is 6. The largest absolute Gasteiger partial charge is 0.478 e. The van der Waals surface area contributed by atoms with Crippen LogP contribution in [0.5, 0.6) is 0 Å². The normalized spacial score (nSPS) is 22.2. The number of hydrogen-bond acceptors (Lipinski definition) is 5. The van der Waals surface area contributed by atoms with Gasteiger partial charge in [-0.25, -0.2) is 14.0 Å². The molecule has 1 saturated carbocycles. The van der Waals surface area contributed by atoms with Crippen molar-refractivity contribution in [1.82, 2.24) is 14.7 Å². The summed E-state index contributed by atoms with van der Waals surface area (Å²) in [6, 6.07) is 11.5. The van der Waals surface area contributed by atoms with Crippen LogP contribution in [0.1, 0.15) is 73.3 Å². The van der Waals surface area contributed by atoms with E-state index in [1.165, 1.54) is 37.5 Å². The second kappa shape index (κ2) is 11.4. The Morgan fingerprint density at radius 1 is 1.07 bits per heavy atom.